The summed E-state index contributed by atoms with van der Waals surface area (Å²) in [6.07, 6.45) is 2.18. The number of carbonyl (C=O) groups excluding carboxylic acids is 1. The molecule has 0 spiro atoms. The lowest BCUT2D eigenvalue weighted by atomic mass is 10.2. The molecule has 0 atom stereocenters. The second kappa shape index (κ2) is 4.55. The zero-order chi connectivity index (χ0) is 13.1. The zero-order valence-corrected chi connectivity index (χ0v) is 9.20. The Morgan fingerprint density at radius 2 is 2.00 bits per heavy atom. The number of hydrogen-bond donors (Lipinski definition) is 1. The van der Waals surface area contributed by atoms with Crippen LogP contribution >= 0.6 is 0 Å². The monoisotopic (exact) mass is 240 g/mol. The number of benzene rings is 1. The van der Waals surface area contributed by atoms with Crippen LogP contribution in [0.3, 0.4) is 0 Å². The molecule has 5 heteroatoms. The van der Waals surface area contributed by atoms with E-state index in [2.05, 4.69) is 0 Å². The molecule has 0 aliphatic carbocycles. The maximum absolute atomic E-state index is 10.7. The van der Waals surface area contributed by atoms with Crippen LogP contribution in [0.25, 0.3) is 5.69 Å². The van der Waals surface area contributed by atoms with Crippen molar-refractivity contribution in [3.8, 4) is 11.8 Å². The van der Waals surface area contributed by atoms with E-state index in [0.29, 0.717) is 23.2 Å². The first-order valence-electron chi connectivity index (χ1n) is 5.07. The van der Waals surface area contributed by atoms with Crippen molar-refractivity contribution >= 4 is 12.3 Å². The number of aromatic carboxylic acids is 1. The summed E-state index contributed by atoms with van der Waals surface area (Å²) in [7, 11) is 0. The van der Waals surface area contributed by atoms with Gasteiger partial charge in [-0.05, 0) is 30.3 Å². The molecule has 0 aliphatic rings. The molecule has 5 nitrogen and oxygen atoms in total. The van der Waals surface area contributed by atoms with Crippen molar-refractivity contribution in [1.29, 1.82) is 5.26 Å². The van der Waals surface area contributed by atoms with Crippen molar-refractivity contribution in [2.45, 2.75) is 0 Å². The van der Waals surface area contributed by atoms with E-state index in [-0.39, 0.29) is 5.56 Å². The number of carboxylic acids is 1. The SMILES string of the molecule is N#Cc1cc(C=O)cn1-c1ccc(C(=O)O)cc1. The molecule has 0 unspecified atom stereocenters. The highest BCUT2D eigenvalue weighted by atomic mass is 16.4. The normalized spacial score (nSPS) is 9.72. The van der Waals surface area contributed by atoms with Gasteiger partial charge in [-0.2, -0.15) is 5.26 Å². The predicted molar refractivity (Wildman–Crippen MR) is 62.8 cm³/mol. The Hall–Kier alpha value is -2.87. The number of carboxylic acid groups (broad SMARTS) is 1. The Labute approximate surface area is 103 Å². The van der Waals surface area contributed by atoms with Crippen molar-refractivity contribution in [1.82, 2.24) is 4.57 Å². The number of carbonyl (C=O) groups is 2. The van der Waals surface area contributed by atoms with Crippen LogP contribution in [0.5, 0.6) is 0 Å². The Bertz CT molecular complexity index is 648. The van der Waals surface area contributed by atoms with E-state index in [1.54, 1.807) is 12.1 Å². The molecule has 18 heavy (non-hydrogen) atoms. The van der Waals surface area contributed by atoms with E-state index < -0.39 is 5.97 Å². The molecule has 0 aliphatic heterocycles. The number of hydrogen-bond acceptors (Lipinski definition) is 3. The topological polar surface area (TPSA) is 83.1 Å². The molecule has 2 rings (SSSR count). The van der Waals surface area contributed by atoms with Crippen molar-refractivity contribution in [2.75, 3.05) is 0 Å². The molecule has 0 fully saturated rings. The van der Waals surface area contributed by atoms with Gasteiger partial charge in [-0.1, -0.05) is 0 Å². The van der Waals surface area contributed by atoms with Gasteiger partial charge in [-0.25, -0.2) is 4.79 Å². The van der Waals surface area contributed by atoms with Gasteiger partial charge in [0, 0.05) is 17.4 Å². The maximum atomic E-state index is 10.7. The molecule has 1 aromatic heterocycles. The fourth-order valence-electron chi connectivity index (χ4n) is 1.61. The van der Waals surface area contributed by atoms with Crippen LogP contribution in [-0.2, 0) is 0 Å². The number of aldehydes is 1. The van der Waals surface area contributed by atoms with Gasteiger partial charge in [0.05, 0.1) is 5.56 Å². The summed E-state index contributed by atoms with van der Waals surface area (Å²) in [6, 6.07) is 9.50. The molecule has 1 aromatic carbocycles. The second-order valence-electron chi connectivity index (χ2n) is 3.61. The maximum Gasteiger partial charge on any atom is 0.335 e. The minimum Gasteiger partial charge on any atom is -0.478 e. The molecular formula is C13H8N2O3. The van der Waals surface area contributed by atoms with Gasteiger partial charge >= 0.3 is 5.97 Å². The van der Waals surface area contributed by atoms with Gasteiger partial charge in [0.1, 0.15) is 11.8 Å². The first kappa shape index (κ1) is 11.6. The zero-order valence-electron chi connectivity index (χ0n) is 9.20. The number of aromatic nitrogens is 1. The quantitative estimate of drug-likeness (QED) is 0.830. The lowest BCUT2D eigenvalue weighted by molar-refractivity contribution is 0.0696. The van der Waals surface area contributed by atoms with Gasteiger partial charge in [-0.3, -0.25) is 4.79 Å². The lowest BCUT2D eigenvalue weighted by Crippen LogP contribution is -1.99. The van der Waals surface area contributed by atoms with Crippen molar-refractivity contribution in [2.24, 2.45) is 0 Å². The third-order valence-electron chi connectivity index (χ3n) is 2.48. The Morgan fingerprint density at radius 3 is 2.50 bits per heavy atom. The van der Waals surface area contributed by atoms with E-state index >= 15 is 0 Å². The minimum absolute atomic E-state index is 0.167. The predicted octanol–water partition coefficient (Wildman–Crippen LogP) is 1.86. The van der Waals surface area contributed by atoms with E-state index in [4.69, 9.17) is 10.4 Å². The first-order valence-corrected chi connectivity index (χ1v) is 5.07. The summed E-state index contributed by atoms with van der Waals surface area (Å²) >= 11 is 0. The molecular weight excluding hydrogens is 232 g/mol. The molecule has 0 radical (unpaired) electrons. The van der Waals surface area contributed by atoms with E-state index in [1.807, 2.05) is 6.07 Å². The van der Waals surface area contributed by atoms with E-state index in [9.17, 15) is 9.59 Å². The molecule has 1 N–H and O–H groups in total. The molecule has 88 valence electrons. The second-order valence-corrected chi connectivity index (χ2v) is 3.61. The van der Waals surface area contributed by atoms with E-state index in [0.717, 1.165) is 0 Å². The summed E-state index contributed by atoms with van der Waals surface area (Å²) in [6.45, 7) is 0. The fourth-order valence-corrected chi connectivity index (χ4v) is 1.61. The van der Waals surface area contributed by atoms with Crippen LogP contribution in [0.1, 0.15) is 26.4 Å². The summed E-state index contributed by atoms with van der Waals surface area (Å²) in [5.74, 6) is -1.01. The Kier molecular flexibility index (Phi) is 2.94. The smallest absolute Gasteiger partial charge is 0.335 e. The van der Waals surface area contributed by atoms with Crippen LogP contribution in [0.4, 0.5) is 0 Å². The third kappa shape index (κ3) is 1.99. The molecule has 1 heterocycles. The summed E-state index contributed by atoms with van der Waals surface area (Å²) < 4.78 is 1.54. The van der Waals surface area contributed by atoms with Gasteiger partial charge in [0.25, 0.3) is 0 Å². The third-order valence-corrected chi connectivity index (χ3v) is 2.48. The highest BCUT2D eigenvalue weighted by Gasteiger charge is 2.08. The number of nitrogens with zero attached hydrogens (tertiary/aromatic N) is 2. The average Bonchev–Trinajstić information content (AvgIpc) is 2.82. The standard InChI is InChI=1S/C13H8N2O3/c14-6-12-5-9(8-16)7-15(12)11-3-1-10(2-4-11)13(17)18/h1-5,7-8H,(H,17,18). The van der Waals surface area contributed by atoms with Gasteiger partial charge in [0.15, 0.2) is 6.29 Å². The van der Waals surface area contributed by atoms with Gasteiger partial charge in [0.2, 0.25) is 0 Å². The van der Waals surface area contributed by atoms with Crippen molar-refractivity contribution in [3.05, 3.63) is 53.3 Å². The first-order chi connectivity index (χ1) is 8.65. The highest BCUT2D eigenvalue weighted by Crippen LogP contribution is 2.15. The van der Waals surface area contributed by atoms with Crippen LogP contribution < -0.4 is 0 Å². The molecule has 0 saturated carbocycles. The van der Waals surface area contributed by atoms with Crippen LogP contribution in [0, 0.1) is 11.3 Å². The molecule has 0 amide bonds. The van der Waals surface area contributed by atoms with Crippen molar-refractivity contribution < 1.29 is 14.7 Å². The van der Waals surface area contributed by atoms with Crippen LogP contribution in [-0.4, -0.2) is 21.9 Å². The average molecular weight is 240 g/mol. The summed E-state index contributed by atoms with van der Waals surface area (Å²) in [5.41, 5.74) is 1.51. The Morgan fingerprint density at radius 1 is 1.33 bits per heavy atom. The lowest BCUT2D eigenvalue weighted by Gasteiger charge is -2.04. The summed E-state index contributed by atoms with van der Waals surface area (Å²) in [5, 5.41) is 17.7. The van der Waals surface area contributed by atoms with Gasteiger partial charge in [-0.15, -0.1) is 0 Å². The number of rotatable bonds is 3. The molecule has 2 aromatic rings. The van der Waals surface area contributed by atoms with E-state index in [1.165, 1.54) is 29.0 Å². The van der Waals surface area contributed by atoms with Gasteiger partial charge < -0.3 is 9.67 Å². The van der Waals surface area contributed by atoms with Crippen molar-refractivity contribution in [3.63, 3.8) is 0 Å². The summed E-state index contributed by atoms with van der Waals surface area (Å²) in [4.78, 5) is 21.4. The minimum atomic E-state index is -1.01. The largest absolute Gasteiger partial charge is 0.478 e. The number of nitriles is 1. The highest BCUT2D eigenvalue weighted by molar-refractivity contribution is 5.87. The molecule has 0 bridgehead atoms. The molecule has 0 saturated heterocycles. The van der Waals surface area contributed by atoms with Crippen LogP contribution in [0.15, 0.2) is 36.5 Å². The Balaban J connectivity index is 2.48. The fraction of sp³-hybridized carbons (Fsp3) is 0. The van der Waals surface area contributed by atoms with Crippen LogP contribution in [0.2, 0.25) is 0 Å².